The third kappa shape index (κ3) is 4.69. The molecule has 4 heterocycles. The van der Waals surface area contributed by atoms with Crippen LogP contribution >= 0.6 is 22.7 Å². The van der Waals surface area contributed by atoms with Crippen LogP contribution in [0.5, 0.6) is 0 Å². The lowest BCUT2D eigenvalue weighted by atomic mass is 10.00. The SMILES string of the molecule is c1ccc(C2NC(c3cccc4c3oc3cc(-c5cccc6c5sc5ccccc56)ccc34)NC(c3cccc4c3sc3ccccc34)N2)cc1. The van der Waals surface area contributed by atoms with E-state index in [-0.39, 0.29) is 18.5 Å². The van der Waals surface area contributed by atoms with Gasteiger partial charge in [-0.25, -0.2) is 0 Å². The van der Waals surface area contributed by atoms with Gasteiger partial charge in [-0.3, -0.25) is 16.0 Å². The van der Waals surface area contributed by atoms with Crippen LogP contribution in [0.15, 0.2) is 156 Å². The van der Waals surface area contributed by atoms with E-state index in [0.29, 0.717) is 0 Å². The lowest BCUT2D eigenvalue weighted by molar-refractivity contribution is 0.204. The molecule has 0 bridgehead atoms. The number of fused-ring (bicyclic) bond motifs is 9. The van der Waals surface area contributed by atoms with Gasteiger partial charge in [0, 0.05) is 62.2 Å². The summed E-state index contributed by atoms with van der Waals surface area (Å²) in [5.41, 5.74) is 7.73. The van der Waals surface area contributed by atoms with E-state index in [9.17, 15) is 0 Å². The number of hydrogen-bond donors (Lipinski definition) is 3. The molecule has 1 fully saturated rings. The van der Waals surface area contributed by atoms with E-state index >= 15 is 0 Å². The molecule has 6 heteroatoms. The Bertz CT molecular complexity index is 2940. The van der Waals surface area contributed by atoms with Crippen LogP contribution in [-0.4, -0.2) is 0 Å². The Balaban J connectivity index is 1.03. The summed E-state index contributed by atoms with van der Waals surface area (Å²) >= 11 is 3.73. The molecule has 7 aromatic carbocycles. The summed E-state index contributed by atoms with van der Waals surface area (Å²) in [6.45, 7) is 0. The fourth-order valence-electron chi connectivity index (χ4n) is 8.03. The molecule has 3 unspecified atom stereocenters. The summed E-state index contributed by atoms with van der Waals surface area (Å²) in [4.78, 5) is 0. The number of thiophene rings is 2. The highest BCUT2D eigenvalue weighted by Gasteiger charge is 2.32. The number of furan rings is 1. The van der Waals surface area contributed by atoms with Crippen molar-refractivity contribution in [2.24, 2.45) is 0 Å². The summed E-state index contributed by atoms with van der Waals surface area (Å²) in [7, 11) is 0. The maximum Gasteiger partial charge on any atom is 0.141 e. The summed E-state index contributed by atoms with van der Waals surface area (Å²) in [5.74, 6) is 0. The average molecular weight is 694 g/mol. The molecule has 0 radical (unpaired) electrons. The molecule has 10 aromatic rings. The van der Waals surface area contributed by atoms with Gasteiger partial charge in [-0.2, -0.15) is 0 Å². The summed E-state index contributed by atoms with van der Waals surface area (Å²) in [6.07, 6.45) is -0.367. The van der Waals surface area contributed by atoms with Gasteiger partial charge in [-0.05, 0) is 41.0 Å². The predicted octanol–water partition coefficient (Wildman–Crippen LogP) is 12.2. The molecular weight excluding hydrogens is 663 g/mol. The minimum atomic E-state index is -0.179. The number of benzene rings is 7. The molecule has 0 spiro atoms. The van der Waals surface area contributed by atoms with Crippen LogP contribution < -0.4 is 16.0 Å². The van der Waals surface area contributed by atoms with Gasteiger partial charge in [0.1, 0.15) is 11.2 Å². The zero-order valence-corrected chi connectivity index (χ0v) is 29.0. The van der Waals surface area contributed by atoms with Crippen molar-refractivity contribution in [1.29, 1.82) is 0 Å². The second kappa shape index (κ2) is 11.6. The molecule has 0 saturated carbocycles. The van der Waals surface area contributed by atoms with Crippen molar-refractivity contribution in [3.8, 4) is 11.1 Å². The minimum Gasteiger partial charge on any atom is -0.456 e. The van der Waals surface area contributed by atoms with Crippen LogP contribution in [0, 0.1) is 0 Å². The van der Waals surface area contributed by atoms with Gasteiger partial charge >= 0.3 is 0 Å². The van der Waals surface area contributed by atoms with E-state index in [4.69, 9.17) is 4.42 Å². The Morgan fingerprint density at radius 2 is 1.02 bits per heavy atom. The first-order chi connectivity index (χ1) is 25.3. The van der Waals surface area contributed by atoms with Crippen LogP contribution in [-0.2, 0) is 0 Å². The smallest absolute Gasteiger partial charge is 0.141 e. The van der Waals surface area contributed by atoms with Crippen molar-refractivity contribution < 1.29 is 4.42 Å². The molecule has 3 atom stereocenters. The average Bonchev–Trinajstić information content (AvgIpc) is 3.89. The number of rotatable bonds is 4. The lowest BCUT2D eigenvalue weighted by Gasteiger charge is -2.39. The Morgan fingerprint density at radius 1 is 0.431 bits per heavy atom. The molecule has 1 aliphatic heterocycles. The molecule has 1 saturated heterocycles. The van der Waals surface area contributed by atoms with E-state index in [1.54, 1.807) is 0 Å². The van der Waals surface area contributed by atoms with Gasteiger partial charge in [-0.15, -0.1) is 22.7 Å². The molecule has 244 valence electrons. The first kappa shape index (κ1) is 29.4. The van der Waals surface area contributed by atoms with Crippen molar-refractivity contribution in [1.82, 2.24) is 16.0 Å². The van der Waals surface area contributed by atoms with Gasteiger partial charge in [-0.1, -0.05) is 127 Å². The maximum atomic E-state index is 6.87. The van der Waals surface area contributed by atoms with E-state index in [2.05, 4.69) is 168 Å². The monoisotopic (exact) mass is 693 g/mol. The zero-order chi connectivity index (χ0) is 33.5. The van der Waals surface area contributed by atoms with Gasteiger partial charge in [0.15, 0.2) is 0 Å². The highest BCUT2D eigenvalue weighted by atomic mass is 32.1. The maximum absolute atomic E-state index is 6.87. The molecule has 3 N–H and O–H groups in total. The molecular formula is C45H31N3OS2. The van der Waals surface area contributed by atoms with Crippen molar-refractivity contribution in [3.05, 3.63) is 168 Å². The second-order valence-electron chi connectivity index (χ2n) is 13.3. The van der Waals surface area contributed by atoms with Crippen molar-refractivity contribution in [2.75, 3.05) is 0 Å². The Hall–Kier alpha value is -5.34. The molecule has 1 aliphatic rings. The molecule has 3 aromatic heterocycles. The quantitative estimate of drug-likeness (QED) is 0.172. The van der Waals surface area contributed by atoms with Gasteiger partial charge in [0.05, 0.1) is 18.5 Å². The Labute approximate surface area is 302 Å². The van der Waals surface area contributed by atoms with E-state index in [0.717, 1.165) is 27.5 Å². The van der Waals surface area contributed by atoms with Gasteiger partial charge in [0.2, 0.25) is 0 Å². The van der Waals surface area contributed by atoms with Crippen LogP contribution in [0.3, 0.4) is 0 Å². The summed E-state index contributed by atoms with van der Waals surface area (Å²) in [6, 6.07) is 54.6. The largest absolute Gasteiger partial charge is 0.456 e. The van der Waals surface area contributed by atoms with Crippen molar-refractivity contribution >= 4 is 85.0 Å². The van der Waals surface area contributed by atoms with E-state index in [1.807, 2.05) is 22.7 Å². The van der Waals surface area contributed by atoms with Crippen LogP contribution in [0.25, 0.3) is 73.4 Å². The van der Waals surface area contributed by atoms with Crippen molar-refractivity contribution in [2.45, 2.75) is 18.5 Å². The number of para-hydroxylation sites is 1. The zero-order valence-electron chi connectivity index (χ0n) is 27.4. The second-order valence-corrected chi connectivity index (χ2v) is 15.5. The third-order valence-electron chi connectivity index (χ3n) is 10.4. The third-order valence-corrected chi connectivity index (χ3v) is 12.9. The normalized spacial score (nSPS) is 18.2. The molecule has 0 aliphatic carbocycles. The van der Waals surface area contributed by atoms with E-state index in [1.165, 1.54) is 62.6 Å². The molecule has 0 amide bonds. The van der Waals surface area contributed by atoms with Gasteiger partial charge in [0.25, 0.3) is 0 Å². The number of nitrogens with one attached hydrogen (secondary N) is 3. The van der Waals surface area contributed by atoms with Crippen LogP contribution in [0.2, 0.25) is 0 Å². The van der Waals surface area contributed by atoms with E-state index < -0.39 is 0 Å². The Kier molecular flexibility index (Phi) is 6.69. The summed E-state index contributed by atoms with van der Waals surface area (Å²) < 4.78 is 12.1. The van der Waals surface area contributed by atoms with Gasteiger partial charge < -0.3 is 4.42 Å². The van der Waals surface area contributed by atoms with Crippen molar-refractivity contribution in [3.63, 3.8) is 0 Å². The highest BCUT2D eigenvalue weighted by Crippen LogP contribution is 2.43. The first-order valence-electron chi connectivity index (χ1n) is 17.4. The highest BCUT2D eigenvalue weighted by molar-refractivity contribution is 7.26. The molecule has 11 rings (SSSR count). The topological polar surface area (TPSA) is 49.2 Å². The predicted molar refractivity (Wildman–Crippen MR) is 215 cm³/mol. The fourth-order valence-corrected chi connectivity index (χ4v) is 10.5. The number of hydrogen-bond acceptors (Lipinski definition) is 6. The molecule has 4 nitrogen and oxygen atoms in total. The Morgan fingerprint density at radius 3 is 1.80 bits per heavy atom. The van der Waals surface area contributed by atoms with Crippen LogP contribution in [0.1, 0.15) is 35.2 Å². The summed E-state index contributed by atoms with van der Waals surface area (Å²) in [5, 5.41) is 19.2. The molecule has 51 heavy (non-hydrogen) atoms. The fraction of sp³-hybridized carbons (Fsp3) is 0.0667. The lowest BCUT2D eigenvalue weighted by Crippen LogP contribution is -2.54. The standard InChI is InChI=1S/C45H31N3OS2/c1-2-11-26(12-3-1)43-46-44(48-45(47-43)36-20-10-18-34-31-14-5-7-22-39(31)51-42(34)36)35-19-9-16-32-29-24-23-27(25-37(29)49-40(32)35)28-15-8-17-33-30-13-4-6-21-38(30)50-41(28)33/h1-25,43-48H. The minimum absolute atomic E-state index is 0.0832. The van der Waals surface area contributed by atoms with Crippen LogP contribution in [0.4, 0.5) is 0 Å². The first-order valence-corrected chi connectivity index (χ1v) is 19.0.